The summed E-state index contributed by atoms with van der Waals surface area (Å²) in [4.78, 5) is 13.6. The molecule has 0 fully saturated rings. The molecule has 86 valence electrons. The fourth-order valence-corrected chi connectivity index (χ4v) is 1.54. The van der Waals surface area contributed by atoms with E-state index in [0.29, 0.717) is 19.6 Å². The van der Waals surface area contributed by atoms with Crippen LogP contribution in [0.2, 0.25) is 0 Å². The number of methoxy groups -OCH3 is 1. The van der Waals surface area contributed by atoms with Crippen LogP contribution in [0.3, 0.4) is 0 Å². The van der Waals surface area contributed by atoms with Gasteiger partial charge in [0.2, 0.25) is 5.91 Å². The number of ether oxygens (including phenoxy) is 1. The molecule has 4 heteroatoms. The molecule has 15 heavy (non-hydrogen) atoms. The van der Waals surface area contributed by atoms with Crippen LogP contribution in [0.1, 0.15) is 27.2 Å². The second-order valence-electron chi connectivity index (χ2n) is 3.52. The average molecular weight is 212 g/mol. The van der Waals surface area contributed by atoms with Gasteiger partial charge in [0.1, 0.15) is 5.92 Å². The number of carbonyl (C=O) groups is 1. The Morgan fingerprint density at radius 1 is 1.53 bits per heavy atom. The zero-order valence-electron chi connectivity index (χ0n) is 9.99. The molecule has 0 aromatic rings. The van der Waals surface area contributed by atoms with E-state index in [1.807, 2.05) is 26.8 Å². The predicted molar refractivity (Wildman–Crippen MR) is 58.1 cm³/mol. The number of nitrogens with zero attached hydrogens (tertiary/aromatic N) is 2. The lowest BCUT2D eigenvalue weighted by Crippen LogP contribution is -2.43. The quantitative estimate of drug-likeness (QED) is 0.669. The van der Waals surface area contributed by atoms with Crippen molar-refractivity contribution in [2.75, 3.05) is 20.3 Å². The van der Waals surface area contributed by atoms with Crippen molar-refractivity contribution in [3.05, 3.63) is 0 Å². The van der Waals surface area contributed by atoms with E-state index in [0.717, 1.165) is 0 Å². The van der Waals surface area contributed by atoms with Crippen molar-refractivity contribution >= 4 is 5.91 Å². The Bertz CT molecular complexity index is 235. The van der Waals surface area contributed by atoms with Crippen molar-refractivity contribution in [3.8, 4) is 6.07 Å². The lowest BCUT2D eigenvalue weighted by molar-refractivity contribution is -0.136. The number of hydrogen-bond donors (Lipinski definition) is 0. The molecule has 2 atom stereocenters. The maximum atomic E-state index is 11.9. The van der Waals surface area contributed by atoms with Crippen molar-refractivity contribution in [1.82, 2.24) is 4.90 Å². The molecular formula is C11H20N2O2. The molecule has 0 aliphatic rings. The fraction of sp³-hybridized carbons (Fsp3) is 0.818. The SMILES string of the molecule is CCC(C#N)C(=O)N(CC)C(C)COC. The maximum Gasteiger partial charge on any atom is 0.240 e. The summed E-state index contributed by atoms with van der Waals surface area (Å²) >= 11 is 0. The van der Waals surface area contributed by atoms with Crippen LogP contribution < -0.4 is 0 Å². The van der Waals surface area contributed by atoms with Crippen LogP contribution >= 0.6 is 0 Å². The van der Waals surface area contributed by atoms with Crippen LogP contribution in [0.25, 0.3) is 0 Å². The first-order valence-electron chi connectivity index (χ1n) is 5.31. The summed E-state index contributed by atoms with van der Waals surface area (Å²) in [7, 11) is 1.61. The third-order valence-corrected chi connectivity index (χ3v) is 2.43. The number of rotatable bonds is 6. The highest BCUT2D eigenvalue weighted by molar-refractivity contribution is 5.81. The van der Waals surface area contributed by atoms with Gasteiger partial charge in [0.25, 0.3) is 0 Å². The molecule has 0 saturated carbocycles. The summed E-state index contributed by atoms with van der Waals surface area (Å²) < 4.78 is 5.01. The van der Waals surface area contributed by atoms with Gasteiger partial charge in [-0.1, -0.05) is 6.92 Å². The summed E-state index contributed by atoms with van der Waals surface area (Å²) in [6.07, 6.45) is 0.561. The molecule has 0 aromatic carbocycles. The number of hydrogen-bond acceptors (Lipinski definition) is 3. The minimum absolute atomic E-state index is 0.0231. The van der Waals surface area contributed by atoms with E-state index in [1.165, 1.54) is 0 Å². The van der Waals surface area contributed by atoms with Crippen LogP contribution in [-0.2, 0) is 9.53 Å². The van der Waals surface area contributed by atoms with Gasteiger partial charge in [-0.25, -0.2) is 0 Å². The fourth-order valence-electron chi connectivity index (χ4n) is 1.54. The van der Waals surface area contributed by atoms with Crippen LogP contribution in [0, 0.1) is 17.2 Å². The number of amides is 1. The van der Waals surface area contributed by atoms with E-state index in [9.17, 15) is 4.79 Å². The molecule has 0 N–H and O–H groups in total. The third kappa shape index (κ3) is 3.88. The van der Waals surface area contributed by atoms with E-state index >= 15 is 0 Å². The lowest BCUT2D eigenvalue weighted by atomic mass is 10.1. The third-order valence-electron chi connectivity index (χ3n) is 2.43. The zero-order chi connectivity index (χ0) is 11.8. The van der Waals surface area contributed by atoms with Gasteiger partial charge in [0.05, 0.1) is 18.7 Å². The van der Waals surface area contributed by atoms with Gasteiger partial charge in [-0.3, -0.25) is 4.79 Å². The van der Waals surface area contributed by atoms with E-state index < -0.39 is 5.92 Å². The van der Waals surface area contributed by atoms with Crippen LogP contribution in [0.15, 0.2) is 0 Å². The first-order valence-corrected chi connectivity index (χ1v) is 5.31. The van der Waals surface area contributed by atoms with Crippen molar-refractivity contribution < 1.29 is 9.53 Å². The van der Waals surface area contributed by atoms with Crippen LogP contribution in [0.5, 0.6) is 0 Å². The van der Waals surface area contributed by atoms with Gasteiger partial charge in [-0.15, -0.1) is 0 Å². The number of likely N-dealkylation sites (N-methyl/N-ethyl adjacent to an activating group) is 1. The van der Waals surface area contributed by atoms with Crippen molar-refractivity contribution in [2.24, 2.45) is 5.92 Å². The van der Waals surface area contributed by atoms with Gasteiger partial charge >= 0.3 is 0 Å². The summed E-state index contributed by atoms with van der Waals surface area (Å²) in [5.41, 5.74) is 0. The Balaban J connectivity index is 4.53. The zero-order valence-corrected chi connectivity index (χ0v) is 9.99. The average Bonchev–Trinajstić information content (AvgIpc) is 2.21. The first-order chi connectivity index (χ1) is 7.12. The minimum atomic E-state index is -0.524. The topological polar surface area (TPSA) is 53.3 Å². The monoisotopic (exact) mass is 212 g/mol. The Hall–Kier alpha value is -1.08. The Morgan fingerprint density at radius 2 is 2.13 bits per heavy atom. The number of nitriles is 1. The second-order valence-corrected chi connectivity index (χ2v) is 3.52. The van der Waals surface area contributed by atoms with Crippen LogP contribution in [-0.4, -0.2) is 37.1 Å². The van der Waals surface area contributed by atoms with Crippen molar-refractivity contribution in [2.45, 2.75) is 33.2 Å². The smallest absolute Gasteiger partial charge is 0.240 e. The summed E-state index contributed by atoms with van der Waals surface area (Å²) in [6.45, 7) is 6.80. The molecule has 0 spiro atoms. The van der Waals surface area contributed by atoms with Gasteiger partial charge in [0, 0.05) is 13.7 Å². The molecule has 0 aliphatic heterocycles. The van der Waals surface area contributed by atoms with Crippen molar-refractivity contribution in [1.29, 1.82) is 5.26 Å². The standard InChI is InChI=1S/C11H20N2O2/c1-5-10(7-12)11(14)13(6-2)9(3)8-15-4/h9-10H,5-6,8H2,1-4H3. The van der Waals surface area contributed by atoms with Crippen LogP contribution in [0.4, 0.5) is 0 Å². The molecule has 0 bridgehead atoms. The highest BCUT2D eigenvalue weighted by Gasteiger charge is 2.25. The Labute approximate surface area is 91.8 Å². The summed E-state index contributed by atoms with van der Waals surface area (Å²) in [5, 5.41) is 8.82. The number of carbonyl (C=O) groups excluding carboxylic acids is 1. The van der Waals surface area contributed by atoms with E-state index in [2.05, 4.69) is 0 Å². The molecule has 0 radical (unpaired) electrons. The molecule has 0 aliphatic carbocycles. The maximum absolute atomic E-state index is 11.9. The van der Waals surface area contributed by atoms with E-state index in [4.69, 9.17) is 10.00 Å². The predicted octanol–water partition coefficient (Wildman–Crippen LogP) is 1.42. The highest BCUT2D eigenvalue weighted by atomic mass is 16.5. The van der Waals surface area contributed by atoms with Crippen molar-refractivity contribution in [3.63, 3.8) is 0 Å². The largest absolute Gasteiger partial charge is 0.383 e. The van der Waals surface area contributed by atoms with Gasteiger partial charge in [0.15, 0.2) is 0 Å². The molecule has 4 nitrogen and oxygen atoms in total. The Kier molecular flexibility index (Phi) is 6.72. The molecule has 0 saturated heterocycles. The van der Waals surface area contributed by atoms with Gasteiger partial charge < -0.3 is 9.64 Å². The van der Waals surface area contributed by atoms with E-state index in [1.54, 1.807) is 12.0 Å². The summed E-state index contributed by atoms with van der Waals surface area (Å²) in [6, 6.07) is 2.05. The molecule has 0 rings (SSSR count). The Morgan fingerprint density at radius 3 is 2.47 bits per heavy atom. The summed E-state index contributed by atoms with van der Waals surface area (Å²) in [5.74, 6) is -0.615. The van der Waals surface area contributed by atoms with Gasteiger partial charge in [-0.2, -0.15) is 5.26 Å². The van der Waals surface area contributed by atoms with E-state index in [-0.39, 0.29) is 11.9 Å². The highest BCUT2D eigenvalue weighted by Crippen LogP contribution is 2.10. The molecule has 1 amide bonds. The first kappa shape index (κ1) is 13.9. The second kappa shape index (κ2) is 7.24. The minimum Gasteiger partial charge on any atom is -0.383 e. The normalized spacial score (nSPS) is 14.1. The molecule has 0 heterocycles. The molecule has 0 aromatic heterocycles. The lowest BCUT2D eigenvalue weighted by Gasteiger charge is -2.28. The molecule has 2 unspecified atom stereocenters. The van der Waals surface area contributed by atoms with Gasteiger partial charge in [-0.05, 0) is 20.3 Å². The molecular weight excluding hydrogens is 192 g/mol.